The van der Waals surface area contributed by atoms with E-state index in [-0.39, 0.29) is 17.8 Å². The molecule has 0 saturated carbocycles. The van der Waals surface area contributed by atoms with Crippen LogP contribution >= 0.6 is 0 Å². The van der Waals surface area contributed by atoms with E-state index in [2.05, 4.69) is 0 Å². The second-order valence-electron chi connectivity index (χ2n) is 6.95. The van der Waals surface area contributed by atoms with Gasteiger partial charge in [-0.2, -0.15) is 0 Å². The molecule has 2 amide bonds. The molecule has 0 aromatic carbocycles. The van der Waals surface area contributed by atoms with Gasteiger partial charge in [-0.05, 0) is 53.1 Å². The minimum Gasteiger partial charge on any atom is -0.353 e. The number of sulfonamides is 1. The van der Waals surface area contributed by atoms with Gasteiger partial charge in [0.2, 0.25) is 10.0 Å². The van der Waals surface area contributed by atoms with Crippen molar-refractivity contribution < 1.29 is 13.2 Å². The largest absolute Gasteiger partial charge is 0.353 e. The Balaban J connectivity index is 2.23. The maximum Gasteiger partial charge on any atom is 0.336 e. The highest BCUT2D eigenvalue weighted by Crippen LogP contribution is 2.31. The van der Waals surface area contributed by atoms with Crippen molar-refractivity contribution in [3.63, 3.8) is 0 Å². The minimum absolute atomic E-state index is 0.0328. The zero-order valence-electron chi connectivity index (χ0n) is 14.5. The molecule has 0 atom stereocenters. The molecule has 23 heavy (non-hydrogen) atoms. The zero-order valence-corrected chi connectivity index (χ0v) is 15.3. The summed E-state index contributed by atoms with van der Waals surface area (Å²) < 4.78 is 25.6. The highest BCUT2D eigenvalue weighted by molar-refractivity contribution is 7.88. The predicted octanol–water partition coefficient (Wildman–Crippen LogP) is 0.637. The van der Waals surface area contributed by atoms with Gasteiger partial charge in [0.1, 0.15) is 0 Å². The molecule has 2 saturated heterocycles. The molecule has 9 heteroatoms. The summed E-state index contributed by atoms with van der Waals surface area (Å²) in [4.78, 5) is 16.6. The van der Waals surface area contributed by atoms with Crippen molar-refractivity contribution in [1.29, 1.82) is 0 Å². The van der Waals surface area contributed by atoms with Crippen molar-refractivity contribution in [3.8, 4) is 0 Å². The average Bonchev–Trinajstić information content (AvgIpc) is 2.48. The molecule has 0 bridgehead atoms. The smallest absolute Gasteiger partial charge is 0.336 e. The number of piperidine rings is 1. The summed E-state index contributed by atoms with van der Waals surface area (Å²) in [7, 11) is 3.77. The average molecular weight is 342 g/mol. The Bertz CT molecular complexity index is 546. The standard InChI is InChI=1S/C14H27BN4O3S/c1-5-23(21,22)16(4)19-13(20)18(11-8-14(19,2)3)12-6-9-17(15)10-7-12/h12H,5-11H2,1-4H3. The molecule has 0 spiro atoms. The lowest BCUT2D eigenvalue weighted by atomic mass is 9.94. The van der Waals surface area contributed by atoms with Crippen LogP contribution in [0, 0.1) is 0 Å². The van der Waals surface area contributed by atoms with Crippen LogP contribution in [0.3, 0.4) is 0 Å². The zero-order chi connectivity index (χ0) is 17.4. The second-order valence-corrected chi connectivity index (χ2v) is 9.22. The van der Waals surface area contributed by atoms with Gasteiger partial charge >= 0.3 is 6.03 Å². The van der Waals surface area contributed by atoms with Crippen LogP contribution in [-0.4, -0.2) is 85.6 Å². The van der Waals surface area contributed by atoms with Crippen LogP contribution in [0.15, 0.2) is 0 Å². The number of hydrogen-bond acceptors (Lipinski definition) is 4. The van der Waals surface area contributed by atoms with Crippen molar-refractivity contribution in [1.82, 2.24) is 19.1 Å². The van der Waals surface area contributed by atoms with Crippen molar-refractivity contribution in [2.75, 3.05) is 32.4 Å². The summed E-state index contributed by atoms with van der Waals surface area (Å²) in [5.74, 6) is -0.0328. The van der Waals surface area contributed by atoms with Crippen molar-refractivity contribution >= 4 is 24.0 Å². The second kappa shape index (κ2) is 6.60. The molecule has 2 radical (unpaired) electrons. The number of nitrogens with zero attached hydrogens (tertiary/aromatic N) is 4. The fraction of sp³-hybridized carbons (Fsp3) is 0.929. The summed E-state index contributed by atoms with van der Waals surface area (Å²) in [6.07, 6.45) is 2.37. The van der Waals surface area contributed by atoms with Crippen LogP contribution in [0.1, 0.15) is 40.0 Å². The van der Waals surface area contributed by atoms with E-state index in [1.807, 2.05) is 18.7 Å². The van der Waals surface area contributed by atoms with E-state index in [0.717, 1.165) is 36.8 Å². The van der Waals surface area contributed by atoms with Crippen molar-refractivity contribution in [2.24, 2.45) is 0 Å². The number of urea groups is 1. The number of hydrogen-bond donors (Lipinski definition) is 0. The summed E-state index contributed by atoms with van der Waals surface area (Å²) in [5, 5.41) is 1.41. The molecule has 0 unspecified atom stereocenters. The maximum atomic E-state index is 13.0. The first-order valence-electron chi connectivity index (χ1n) is 8.17. The molecule has 0 aliphatic carbocycles. The minimum atomic E-state index is -3.48. The first kappa shape index (κ1) is 18.5. The molecular weight excluding hydrogens is 315 g/mol. The van der Waals surface area contributed by atoms with Crippen LogP contribution in [0.2, 0.25) is 0 Å². The molecule has 2 fully saturated rings. The Morgan fingerprint density at radius 2 is 1.83 bits per heavy atom. The van der Waals surface area contributed by atoms with Crippen molar-refractivity contribution in [3.05, 3.63) is 0 Å². The normalized spacial score (nSPS) is 24.5. The third kappa shape index (κ3) is 3.66. The molecular formula is C14H27BN4O3S. The van der Waals surface area contributed by atoms with E-state index >= 15 is 0 Å². The number of hydrazine groups is 1. The monoisotopic (exact) mass is 342 g/mol. The van der Waals surface area contributed by atoms with Gasteiger partial charge in [-0.15, -0.1) is 4.41 Å². The van der Waals surface area contributed by atoms with Gasteiger partial charge in [0.15, 0.2) is 7.98 Å². The van der Waals surface area contributed by atoms with Crippen LogP contribution in [0.5, 0.6) is 0 Å². The summed E-state index contributed by atoms with van der Waals surface area (Å²) in [5.41, 5.74) is -0.529. The van der Waals surface area contributed by atoms with Crippen LogP contribution in [-0.2, 0) is 10.0 Å². The third-order valence-electron chi connectivity index (χ3n) is 4.95. The van der Waals surface area contributed by atoms with E-state index < -0.39 is 15.6 Å². The first-order valence-corrected chi connectivity index (χ1v) is 9.78. The molecule has 0 aromatic heterocycles. The summed E-state index contributed by atoms with van der Waals surface area (Å²) in [6.45, 7) is 7.56. The van der Waals surface area contributed by atoms with Crippen LogP contribution in [0.25, 0.3) is 0 Å². The predicted molar refractivity (Wildman–Crippen MR) is 90.2 cm³/mol. The highest BCUT2D eigenvalue weighted by Gasteiger charge is 2.46. The topological polar surface area (TPSA) is 64.2 Å². The number of rotatable bonds is 4. The fourth-order valence-electron chi connectivity index (χ4n) is 3.33. The van der Waals surface area contributed by atoms with E-state index in [9.17, 15) is 13.2 Å². The molecule has 2 aliphatic rings. The van der Waals surface area contributed by atoms with Gasteiger partial charge in [-0.25, -0.2) is 18.2 Å². The Morgan fingerprint density at radius 1 is 1.26 bits per heavy atom. The lowest BCUT2D eigenvalue weighted by Crippen LogP contribution is -2.67. The number of amides is 2. The molecule has 130 valence electrons. The van der Waals surface area contributed by atoms with Crippen molar-refractivity contribution in [2.45, 2.75) is 51.6 Å². The quantitative estimate of drug-likeness (QED) is 0.704. The van der Waals surface area contributed by atoms with E-state index in [0.29, 0.717) is 6.54 Å². The molecule has 0 aromatic rings. The Kier molecular flexibility index (Phi) is 5.32. The summed E-state index contributed by atoms with van der Waals surface area (Å²) in [6, 6.07) is -0.102. The lowest BCUT2D eigenvalue weighted by molar-refractivity contribution is -0.0370. The lowest BCUT2D eigenvalue weighted by Gasteiger charge is -2.51. The van der Waals surface area contributed by atoms with Gasteiger partial charge in [0.05, 0.1) is 11.3 Å². The molecule has 2 rings (SSSR count). The number of carbonyl (C=O) groups excluding carboxylic acids is 1. The Morgan fingerprint density at radius 3 is 2.35 bits per heavy atom. The van der Waals surface area contributed by atoms with E-state index in [4.69, 9.17) is 7.98 Å². The fourth-order valence-corrected chi connectivity index (χ4v) is 4.24. The SMILES string of the molecule is [B]N1CCC(N2CCC(C)(C)N(N(C)S(=O)(=O)CC)C2=O)CC1. The van der Waals surface area contributed by atoms with Gasteiger partial charge in [0, 0.05) is 19.6 Å². The molecule has 2 heterocycles. The Hall–Kier alpha value is -0.795. The highest BCUT2D eigenvalue weighted by atomic mass is 32.2. The molecule has 0 N–H and O–H groups in total. The third-order valence-corrected chi connectivity index (χ3v) is 6.65. The summed E-state index contributed by atoms with van der Waals surface area (Å²) >= 11 is 0. The van der Waals surface area contributed by atoms with Crippen LogP contribution < -0.4 is 0 Å². The van der Waals surface area contributed by atoms with Gasteiger partial charge in [0.25, 0.3) is 0 Å². The van der Waals surface area contributed by atoms with E-state index in [1.165, 1.54) is 12.1 Å². The molecule has 7 nitrogen and oxygen atoms in total. The first-order chi connectivity index (χ1) is 10.6. The van der Waals surface area contributed by atoms with Gasteiger partial charge in [-0.1, -0.05) is 0 Å². The van der Waals surface area contributed by atoms with Gasteiger partial charge in [-0.3, -0.25) is 0 Å². The maximum absolute atomic E-state index is 13.0. The number of carbonyl (C=O) groups is 1. The molecule has 2 aliphatic heterocycles. The van der Waals surface area contributed by atoms with Crippen LogP contribution in [0.4, 0.5) is 4.79 Å². The Labute approximate surface area is 141 Å². The van der Waals surface area contributed by atoms with Gasteiger partial charge < -0.3 is 9.71 Å². The van der Waals surface area contributed by atoms with E-state index in [1.54, 1.807) is 11.7 Å².